The van der Waals surface area contributed by atoms with Gasteiger partial charge in [-0.25, -0.2) is 13.6 Å². The summed E-state index contributed by atoms with van der Waals surface area (Å²) in [5.74, 6) is -0.341. The fourth-order valence-corrected chi connectivity index (χ4v) is 2.86. The highest BCUT2D eigenvalue weighted by Crippen LogP contribution is 2.20. The van der Waals surface area contributed by atoms with Crippen molar-refractivity contribution in [3.63, 3.8) is 0 Å². The van der Waals surface area contributed by atoms with Gasteiger partial charge in [-0.1, -0.05) is 6.92 Å². The maximum atomic E-state index is 12.2. The maximum Gasteiger partial charge on any atom is 0.251 e. The van der Waals surface area contributed by atoms with Gasteiger partial charge in [-0.3, -0.25) is 4.79 Å². The number of hydrogen-bond acceptors (Lipinski definition) is 4. The topological polar surface area (TPSA) is 98.5 Å². The van der Waals surface area contributed by atoms with Crippen LogP contribution in [0.5, 0.6) is 0 Å². The van der Waals surface area contributed by atoms with Crippen LogP contribution < -0.4 is 10.5 Å². The van der Waals surface area contributed by atoms with E-state index < -0.39 is 10.0 Å². The average molecular weight is 314 g/mol. The van der Waals surface area contributed by atoms with Crippen LogP contribution in [0, 0.1) is 13.8 Å². The highest BCUT2D eigenvalue weighted by molar-refractivity contribution is 7.89. The Morgan fingerprint density at radius 2 is 2.00 bits per heavy atom. The number of amides is 1. The van der Waals surface area contributed by atoms with E-state index in [1.54, 1.807) is 27.0 Å². The van der Waals surface area contributed by atoms with E-state index in [-0.39, 0.29) is 22.4 Å². The van der Waals surface area contributed by atoms with Crippen molar-refractivity contribution in [2.45, 2.75) is 38.1 Å². The van der Waals surface area contributed by atoms with Gasteiger partial charge in [0.1, 0.15) is 0 Å². The molecule has 0 saturated heterocycles. The molecule has 0 spiro atoms. The zero-order valence-electron chi connectivity index (χ0n) is 12.8. The first-order chi connectivity index (χ1) is 9.70. The Bertz CT molecular complexity index is 626. The van der Waals surface area contributed by atoms with E-state index in [1.165, 1.54) is 6.07 Å². The van der Waals surface area contributed by atoms with Crippen LogP contribution in [0.3, 0.4) is 0 Å². The Kier molecular flexibility index (Phi) is 5.88. The number of sulfonamides is 1. The van der Waals surface area contributed by atoms with Crippen molar-refractivity contribution in [1.29, 1.82) is 0 Å². The standard InChI is InChI=1S/C14H22N2O4S/c1-5-12(8-20-4)16-14(17)11-6-9(2)10(3)13(7-11)21(15,18)19/h6-7,12H,5,8H2,1-4H3,(H,16,17)(H2,15,18,19). The Labute approximate surface area is 125 Å². The van der Waals surface area contributed by atoms with Crippen molar-refractivity contribution >= 4 is 15.9 Å². The molecule has 1 aromatic rings. The molecule has 0 heterocycles. The first kappa shape index (κ1) is 17.6. The summed E-state index contributed by atoms with van der Waals surface area (Å²) in [6.07, 6.45) is 0.715. The average Bonchev–Trinajstić information content (AvgIpc) is 2.39. The molecule has 21 heavy (non-hydrogen) atoms. The zero-order valence-corrected chi connectivity index (χ0v) is 13.6. The lowest BCUT2D eigenvalue weighted by Gasteiger charge is -2.17. The molecule has 3 N–H and O–H groups in total. The molecule has 6 nitrogen and oxygen atoms in total. The lowest BCUT2D eigenvalue weighted by molar-refractivity contribution is 0.0894. The molecule has 7 heteroatoms. The minimum absolute atomic E-state index is 0.0209. The van der Waals surface area contributed by atoms with Crippen LogP contribution in [-0.4, -0.2) is 34.1 Å². The van der Waals surface area contributed by atoms with Crippen LogP contribution in [0.15, 0.2) is 17.0 Å². The number of aryl methyl sites for hydroxylation is 1. The lowest BCUT2D eigenvalue weighted by atomic mass is 10.1. The van der Waals surface area contributed by atoms with E-state index in [0.717, 1.165) is 0 Å². The fourth-order valence-electron chi connectivity index (χ4n) is 1.99. The number of carbonyl (C=O) groups excluding carboxylic acids is 1. The molecule has 0 bridgehead atoms. The third-order valence-electron chi connectivity index (χ3n) is 3.38. The van der Waals surface area contributed by atoms with Crippen LogP contribution in [0.1, 0.15) is 34.8 Å². The van der Waals surface area contributed by atoms with Crippen molar-refractivity contribution in [2.24, 2.45) is 5.14 Å². The Balaban J connectivity index is 3.14. The van der Waals surface area contributed by atoms with Gasteiger partial charge in [0.25, 0.3) is 5.91 Å². The molecule has 0 aliphatic heterocycles. The van der Waals surface area contributed by atoms with Crippen LogP contribution in [-0.2, 0) is 14.8 Å². The quantitative estimate of drug-likeness (QED) is 0.821. The Hall–Kier alpha value is -1.44. The molecular formula is C14H22N2O4S. The molecule has 1 amide bonds. The highest BCUT2D eigenvalue weighted by Gasteiger charge is 2.18. The number of benzene rings is 1. The summed E-state index contributed by atoms with van der Waals surface area (Å²) in [4.78, 5) is 12.2. The van der Waals surface area contributed by atoms with Gasteiger partial charge in [-0.05, 0) is 43.5 Å². The number of hydrogen-bond donors (Lipinski definition) is 2. The zero-order chi connectivity index (χ0) is 16.2. The minimum atomic E-state index is -3.86. The van der Waals surface area contributed by atoms with Crippen molar-refractivity contribution in [3.8, 4) is 0 Å². The molecular weight excluding hydrogens is 292 g/mol. The second-order valence-electron chi connectivity index (χ2n) is 5.00. The van der Waals surface area contributed by atoms with Crippen LogP contribution in [0.2, 0.25) is 0 Å². The second kappa shape index (κ2) is 7.02. The molecule has 0 fully saturated rings. The maximum absolute atomic E-state index is 12.2. The summed E-state index contributed by atoms with van der Waals surface area (Å²) in [6, 6.07) is 2.84. The highest BCUT2D eigenvalue weighted by atomic mass is 32.2. The molecule has 1 unspecified atom stereocenters. The Morgan fingerprint density at radius 3 is 2.48 bits per heavy atom. The third-order valence-corrected chi connectivity index (χ3v) is 4.42. The lowest BCUT2D eigenvalue weighted by Crippen LogP contribution is -2.37. The normalized spacial score (nSPS) is 13.0. The molecule has 0 radical (unpaired) electrons. The van der Waals surface area contributed by atoms with Gasteiger partial charge in [0.2, 0.25) is 10.0 Å². The molecule has 0 saturated carbocycles. The number of rotatable bonds is 6. The fraction of sp³-hybridized carbons (Fsp3) is 0.500. The van der Waals surface area contributed by atoms with Gasteiger partial charge in [-0.15, -0.1) is 0 Å². The third kappa shape index (κ3) is 4.52. The predicted molar refractivity (Wildman–Crippen MR) is 80.7 cm³/mol. The summed E-state index contributed by atoms with van der Waals surface area (Å²) in [6.45, 7) is 5.74. The van der Waals surface area contributed by atoms with Crippen LogP contribution in [0.4, 0.5) is 0 Å². The van der Waals surface area contributed by atoms with Gasteiger partial charge in [-0.2, -0.15) is 0 Å². The molecule has 1 atom stereocenters. The molecule has 118 valence electrons. The number of carbonyl (C=O) groups is 1. The summed E-state index contributed by atoms with van der Waals surface area (Å²) in [7, 11) is -2.30. The Morgan fingerprint density at radius 1 is 1.38 bits per heavy atom. The van der Waals surface area contributed by atoms with Crippen molar-refractivity contribution < 1.29 is 17.9 Å². The van der Waals surface area contributed by atoms with Gasteiger partial charge in [0, 0.05) is 12.7 Å². The number of methoxy groups -OCH3 is 1. The van der Waals surface area contributed by atoms with Crippen LogP contribution in [0.25, 0.3) is 0 Å². The second-order valence-corrected chi connectivity index (χ2v) is 6.53. The number of ether oxygens (including phenoxy) is 1. The van der Waals surface area contributed by atoms with Gasteiger partial charge >= 0.3 is 0 Å². The van der Waals surface area contributed by atoms with Gasteiger partial charge < -0.3 is 10.1 Å². The van der Waals surface area contributed by atoms with E-state index in [2.05, 4.69) is 5.32 Å². The van der Waals surface area contributed by atoms with E-state index in [0.29, 0.717) is 24.2 Å². The largest absolute Gasteiger partial charge is 0.383 e. The van der Waals surface area contributed by atoms with Crippen molar-refractivity contribution in [2.75, 3.05) is 13.7 Å². The predicted octanol–water partition coefficient (Wildman–Crippen LogP) is 1.11. The molecule has 1 rings (SSSR count). The van der Waals surface area contributed by atoms with E-state index in [9.17, 15) is 13.2 Å². The summed E-state index contributed by atoms with van der Waals surface area (Å²) >= 11 is 0. The molecule has 0 aliphatic rings. The first-order valence-corrected chi connectivity index (χ1v) is 8.19. The summed E-state index contributed by atoms with van der Waals surface area (Å²) in [5.41, 5.74) is 1.53. The summed E-state index contributed by atoms with van der Waals surface area (Å²) in [5, 5.41) is 8.00. The number of primary sulfonamides is 1. The van der Waals surface area contributed by atoms with Crippen molar-refractivity contribution in [3.05, 3.63) is 28.8 Å². The minimum Gasteiger partial charge on any atom is -0.383 e. The molecule has 1 aromatic carbocycles. The smallest absolute Gasteiger partial charge is 0.251 e. The number of nitrogens with one attached hydrogen (secondary N) is 1. The first-order valence-electron chi connectivity index (χ1n) is 6.64. The molecule has 0 aliphatic carbocycles. The van der Waals surface area contributed by atoms with E-state index >= 15 is 0 Å². The van der Waals surface area contributed by atoms with Gasteiger partial charge in [0.15, 0.2) is 0 Å². The SMILES string of the molecule is CCC(COC)NC(=O)c1cc(C)c(C)c(S(N)(=O)=O)c1. The van der Waals surface area contributed by atoms with Crippen molar-refractivity contribution in [1.82, 2.24) is 5.32 Å². The summed E-state index contributed by atoms with van der Waals surface area (Å²) < 4.78 is 28.2. The molecule has 0 aromatic heterocycles. The van der Waals surface area contributed by atoms with E-state index in [1.807, 2.05) is 6.92 Å². The van der Waals surface area contributed by atoms with E-state index in [4.69, 9.17) is 9.88 Å². The van der Waals surface area contributed by atoms with Crippen LogP contribution >= 0.6 is 0 Å². The van der Waals surface area contributed by atoms with Gasteiger partial charge in [0.05, 0.1) is 17.5 Å². The monoisotopic (exact) mass is 314 g/mol. The number of nitrogens with two attached hydrogens (primary N) is 1.